The number of rotatable bonds is 10. The molecule has 1 atom stereocenters. The Labute approximate surface area is 217 Å². The van der Waals surface area contributed by atoms with E-state index in [-0.39, 0.29) is 28.7 Å². The molecule has 6 nitrogen and oxygen atoms in total. The van der Waals surface area contributed by atoms with E-state index in [1.54, 1.807) is 54.6 Å². The number of carbonyl (C=O) groups is 1. The molecule has 1 N–H and O–H groups in total. The summed E-state index contributed by atoms with van der Waals surface area (Å²) in [6, 6.07) is 16.2. The van der Waals surface area contributed by atoms with Crippen molar-refractivity contribution in [2.24, 2.45) is 5.92 Å². The molecule has 192 valence electrons. The first-order valence-corrected chi connectivity index (χ1v) is 13.8. The van der Waals surface area contributed by atoms with Crippen molar-refractivity contribution in [1.29, 1.82) is 0 Å². The number of halogens is 3. The van der Waals surface area contributed by atoms with Crippen LogP contribution < -0.4 is 4.74 Å². The van der Waals surface area contributed by atoms with E-state index < -0.39 is 22.4 Å². The van der Waals surface area contributed by atoms with Crippen LogP contribution in [0.25, 0.3) is 22.2 Å². The number of alkyl halides is 2. The number of hydrogen-bond donors (Lipinski definition) is 1. The van der Waals surface area contributed by atoms with Crippen molar-refractivity contribution in [3.63, 3.8) is 0 Å². The molecule has 5 rings (SSSR count). The maximum absolute atomic E-state index is 12.9. The molecule has 1 aromatic heterocycles. The smallest absolute Gasteiger partial charge is 0.387 e. The number of H-pyrrole nitrogens is 1. The van der Waals surface area contributed by atoms with Gasteiger partial charge in [0.15, 0.2) is 9.84 Å². The summed E-state index contributed by atoms with van der Waals surface area (Å²) in [5.41, 5.74) is 2.74. The Morgan fingerprint density at radius 3 is 2.49 bits per heavy atom. The average Bonchev–Trinajstić information content (AvgIpc) is 3.57. The molecule has 0 bridgehead atoms. The van der Waals surface area contributed by atoms with Crippen LogP contribution in [0.3, 0.4) is 0 Å². The van der Waals surface area contributed by atoms with E-state index in [0.29, 0.717) is 33.0 Å². The van der Waals surface area contributed by atoms with Crippen molar-refractivity contribution in [3.05, 3.63) is 77.1 Å². The van der Waals surface area contributed by atoms with E-state index in [1.165, 1.54) is 6.07 Å². The molecule has 0 radical (unpaired) electrons. The first-order chi connectivity index (χ1) is 17.7. The Hall–Kier alpha value is -3.30. The van der Waals surface area contributed by atoms with Gasteiger partial charge in [-0.3, -0.25) is 0 Å². The van der Waals surface area contributed by atoms with E-state index >= 15 is 0 Å². The number of nitrogens with one attached hydrogen (secondary N) is 1. The van der Waals surface area contributed by atoms with Crippen LogP contribution in [0, 0.1) is 5.92 Å². The lowest BCUT2D eigenvalue weighted by molar-refractivity contribution is -0.108. The summed E-state index contributed by atoms with van der Waals surface area (Å²) in [5, 5.41) is 0.310. The fourth-order valence-corrected chi connectivity index (χ4v) is 6.37. The van der Waals surface area contributed by atoms with Crippen LogP contribution in [0.15, 0.2) is 65.6 Å². The lowest BCUT2D eigenvalue weighted by Crippen LogP contribution is -2.09. The molecular weight excluding hydrogens is 522 g/mol. The molecule has 10 heteroatoms. The highest BCUT2D eigenvalue weighted by Crippen LogP contribution is 2.38. The quantitative estimate of drug-likeness (QED) is 0.234. The topological polar surface area (TPSA) is 89.1 Å². The number of nitrogens with zero attached hydrogens (tertiary/aromatic N) is 1. The third kappa shape index (κ3) is 5.52. The summed E-state index contributed by atoms with van der Waals surface area (Å²) in [4.78, 5) is 19.6. The molecule has 1 aliphatic rings. The largest absolute Gasteiger partial charge is 0.434 e. The summed E-state index contributed by atoms with van der Waals surface area (Å²) >= 11 is 6.51. The molecule has 1 heterocycles. The van der Waals surface area contributed by atoms with E-state index in [2.05, 4.69) is 14.7 Å². The van der Waals surface area contributed by atoms with Crippen LogP contribution in [0.1, 0.15) is 36.6 Å². The van der Waals surface area contributed by atoms with Crippen molar-refractivity contribution in [2.75, 3.05) is 5.75 Å². The second-order valence-corrected chi connectivity index (χ2v) is 11.5. The minimum Gasteiger partial charge on any atom is -0.434 e. The van der Waals surface area contributed by atoms with Crippen LogP contribution >= 0.6 is 11.6 Å². The van der Waals surface area contributed by atoms with Crippen molar-refractivity contribution >= 4 is 38.8 Å². The number of hydrogen-bond acceptors (Lipinski definition) is 5. The third-order valence-corrected chi connectivity index (χ3v) is 8.65. The van der Waals surface area contributed by atoms with Gasteiger partial charge in [0.25, 0.3) is 0 Å². The number of para-hydroxylation sites is 1. The van der Waals surface area contributed by atoms with E-state index in [0.717, 1.165) is 24.7 Å². The van der Waals surface area contributed by atoms with E-state index in [1.807, 2.05) is 0 Å². The fourth-order valence-electron chi connectivity index (χ4n) is 4.41. The molecule has 0 saturated heterocycles. The molecule has 1 fully saturated rings. The maximum atomic E-state index is 12.9. The monoisotopic (exact) mass is 544 g/mol. The van der Waals surface area contributed by atoms with Gasteiger partial charge in [-0.1, -0.05) is 41.9 Å². The van der Waals surface area contributed by atoms with Gasteiger partial charge < -0.3 is 14.5 Å². The molecule has 0 spiro atoms. The SMILES string of the molecule is O=CC[C@@H](c1ccc(S(=O)(=O)CC2CC2)cc1)c1nc2cc(-c3ccccc3OC(F)F)c(Cl)cc2[nH]1. The molecule has 3 aromatic carbocycles. The molecule has 1 aliphatic carbocycles. The number of fused-ring (bicyclic) bond motifs is 1. The summed E-state index contributed by atoms with van der Waals surface area (Å²) in [7, 11) is -3.35. The van der Waals surface area contributed by atoms with Gasteiger partial charge in [-0.25, -0.2) is 13.4 Å². The van der Waals surface area contributed by atoms with Crippen LogP contribution in [-0.4, -0.2) is 37.0 Å². The number of benzene rings is 3. The molecule has 1 saturated carbocycles. The summed E-state index contributed by atoms with van der Waals surface area (Å²) in [5.74, 6) is 0.448. The molecule has 0 amide bonds. The number of aromatic nitrogens is 2. The lowest BCUT2D eigenvalue weighted by atomic mass is 9.96. The molecule has 37 heavy (non-hydrogen) atoms. The Morgan fingerprint density at radius 1 is 1.08 bits per heavy atom. The first-order valence-electron chi connectivity index (χ1n) is 11.7. The minimum absolute atomic E-state index is 0.00920. The maximum Gasteiger partial charge on any atom is 0.387 e. The molecule has 4 aromatic rings. The predicted octanol–water partition coefficient (Wildman–Crippen LogP) is 6.39. The predicted molar refractivity (Wildman–Crippen MR) is 137 cm³/mol. The number of aromatic amines is 1. The summed E-state index contributed by atoms with van der Waals surface area (Å²) in [6.07, 6.45) is 2.80. The number of aldehydes is 1. The Kier molecular flexibility index (Phi) is 7.00. The highest BCUT2D eigenvalue weighted by Gasteiger charge is 2.29. The van der Waals surface area contributed by atoms with Gasteiger partial charge in [0.05, 0.1) is 26.7 Å². The first kappa shape index (κ1) is 25.4. The van der Waals surface area contributed by atoms with Crippen LogP contribution in [0.4, 0.5) is 8.78 Å². The van der Waals surface area contributed by atoms with Gasteiger partial charge in [0.1, 0.15) is 17.9 Å². The van der Waals surface area contributed by atoms with E-state index in [9.17, 15) is 22.0 Å². The molecular formula is C27H23ClF2N2O4S. The summed E-state index contributed by atoms with van der Waals surface area (Å²) < 4.78 is 55.7. The summed E-state index contributed by atoms with van der Waals surface area (Å²) in [6.45, 7) is -2.99. The zero-order chi connectivity index (χ0) is 26.2. The van der Waals surface area contributed by atoms with Crippen LogP contribution in [0.2, 0.25) is 5.02 Å². The average molecular weight is 545 g/mol. The van der Waals surface area contributed by atoms with Gasteiger partial charge in [-0.15, -0.1) is 0 Å². The molecule has 0 unspecified atom stereocenters. The van der Waals surface area contributed by atoms with Crippen molar-refractivity contribution in [1.82, 2.24) is 9.97 Å². The second-order valence-electron chi connectivity index (χ2n) is 9.09. The normalized spacial score (nSPS) is 14.7. The van der Waals surface area contributed by atoms with Crippen molar-refractivity contribution in [3.8, 4) is 16.9 Å². The number of imidazole rings is 1. The fraction of sp³-hybridized carbons (Fsp3) is 0.259. The highest BCUT2D eigenvalue weighted by molar-refractivity contribution is 7.91. The second kappa shape index (κ2) is 10.2. The van der Waals surface area contributed by atoms with Crippen LogP contribution in [0.5, 0.6) is 5.75 Å². The standard InChI is InChI=1S/C27H23ClF2N2O4S/c28-22-14-24-23(13-21(22)20-3-1-2-4-25(20)36-27(29)30)31-26(32-24)19(11-12-33)17-7-9-18(10-8-17)37(34,35)15-16-5-6-16/h1-4,7-10,12-14,16,19,27H,5-6,11,15H2,(H,31,32)/t19-/m0/s1. The zero-order valence-electron chi connectivity index (χ0n) is 19.5. The number of ether oxygens (including phenoxy) is 1. The third-order valence-electron chi connectivity index (χ3n) is 6.44. The number of sulfone groups is 1. The highest BCUT2D eigenvalue weighted by atomic mass is 35.5. The Balaban J connectivity index is 1.49. The molecule has 0 aliphatic heterocycles. The minimum atomic E-state index is -3.35. The van der Waals surface area contributed by atoms with Gasteiger partial charge >= 0.3 is 6.61 Å². The van der Waals surface area contributed by atoms with E-state index in [4.69, 9.17) is 11.6 Å². The van der Waals surface area contributed by atoms with Gasteiger partial charge in [0, 0.05) is 23.5 Å². The Morgan fingerprint density at radius 2 is 1.81 bits per heavy atom. The van der Waals surface area contributed by atoms with Gasteiger partial charge in [-0.05, 0) is 54.7 Å². The number of carbonyl (C=O) groups excluding carboxylic acids is 1. The van der Waals surface area contributed by atoms with Gasteiger partial charge in [-0.2, -0.15) is 8.78 Å². The van der Waals surface area contributed by atoms with Crippen molar-refractivity contribution < 1.29 is 26.7 Å². The van der Waals surface area contributed by atoms with Crippen LogP contribution in [-0.2, 0) is 14.6 Å². The lowest BCUT2D eigenvalue weighted by Gasteiger charge is -2.13. The van der Waals surface area contributed by atoms with Crippen molar-refractivity contribution in [2.45, 2.75) is 36.7 Å². The zero-order valence-corrected chi connectivity index (χ0v) is 21.1. The van der Waals surface area contributed by atoms with Gasteiger partial charge in [0.2, 0.25) is 0 Å². The Bertz CT molecular complexity index is 1550.